The van der Waals surface area contributed by atoms with E-state index in [0.29, 0.717) is 19.3 Å². The van der Waals surface area contributed by atoms with Crippen molar-refractivity contribution in [3.05, 3.63) is 0 Å². The van der Waals surface area contributed by atoms with E-state index in [0.717, 1.165) is 69.6 Å². The van der Waals surface area contributed by atoms with Gasteiger partial charge in [0, 0.05) is 19.3 Å². The molecule has 0 heterocycles. The van der Waals surface area contributed by atoms with Crippen molar-refractivity contribution in [3.63, 3.8) is 0 Å². The molecule has 0 aliphatic rings. The quantitative estimate of drug-likeness (QED) is 0.0346. The molecule has 0 aliphatic heterocycles. The van der Waals surface area contributed by atoms with Gasteiger partial charge in [0.05, 0.1) is 0 Å². The van der Waals surface area contributed by atoms with E-state index >= 15 is 0 Å². The van der Waals surface area contributed by atoms with Gasteiger partial charge in [-0.2, -0.15) is 0 Å². The molecule has 0 bridgehead atoms. The summed E-state index contributed by atoms with van der Waals surface area (Å²) in [7, 11) is 0. The zero-order chi connectivity index (χ0) is 42.6. The number of hydrogen-bond donors (Lipinski definition) is 0. The van der Waals surface area contributed by atoms with Gasteiger partial charge >= 0.3 is 17.9 Å². The van der Waals surface area contributed by atoms with Crippen molar-refractivity contribution in [2.45, 2.75) is 291 Å². The maximum Gasteiger partial charge on any atom is 0.306 e. The van der Waals surface area contributed by atoms with Crippen LogP contribution in [0.3, 0.4) is 0 Å². The highest BCUT2D eigenvalue weighted by Gasteiger charge is 2.19. The largest absolute Gasteiger partial charge is 0.462 e. The van der Waals surface area contributed by atoms with Crippen LogP contribution in [0.2, 0.25) is 0 Å². The van der Waals surface area contributed by atoms with Crippen molar-refractivity contribution in [2.24, 2.45) is 11.8 Å². The summed E-state index contributed by atoms with van der Waals surface area (Å²) in [5, 5.41) is 0. The number of rotatable bonds is 46. The minimum Gasteiger partial charge on any atom is -0.462 e. The predicted molar refractivity (Wildman–Crippen MR) is 247 cm³/mol. The molecule has 0 aliphatic carbocycles. The molecule has 6 nitrogen and oxygen atoms in total. The van der Waals surface area contributed by atoms with Gasteiger partial charge < -0.3 is 14.2 Å². The third kappa shape index (κ3) is 45.5. The van der Waals surface area contributed by atoms with Crippen LogP contribution in [0, 0.1) is 11.8 Å². The first-order chi connectivity index (χ1) is 28.2. The highest BCUT2D eigenvalue weighted by atomic mass is 16.6. The maximum atomic E-state index is 12.8. The Balaban J connectivity index is 4.31. The Morgan fingerprint density at radius 2 is 0.569 bits per heavy atom. The second-order valence-electron chi connectivity index (χ2n) is 18.8. The van der Waals surface area contributed by atoms with E-state index in [1.165, 1.54) is 173 Å². The molecule has 0 aromatic carbocycles. The topological polar surface area (TPSA) is 78.9 Å². The van der Waals surface area contributed by atoms with E-state index in [2.05, 4.69) is 34.6 Å². The van der Waals surface area contributed by atoms with E-state index in [4.69, 9.17) is 14.2 Å². The van der Waals surface area contributed by atoms with Gasteiger partial charge in [-0.3, -0.25) is 14.4 Å². The maximum absolute atomic E-state index is 12.8. The first kappa shape index (κ1) is 56.4. The Morgan fingerprint density at radius 1 is 0.328 bits per heavy atom. The summed E-state index contributed by atoms with van der Waals surface area (Å²) in [4.78, 5) is 37.9. The second kappa shape index (κ2) is 44.9. The van der Waals surface area contributed by atoms with E-state index in [9.17, 15) is 14.4 Å². The zero-order valence-electron chi connectivity index (χ0n) is 39.7. The Morgan fingerprint density at radius 3 is 0.845 bits per heavy atom. The Labute approximate surface area is 361 Å². The normalized spacial score (nSPS) is 12.1. The number of hydrogen-bond acceptors (Lipinski definition) is 6. The molecule has 0 saturated heterocycles. The van der Waals surface area contributed by atoms with Gasteiger partial charge in [0.25, 0.3) is 0 Å². The van der Waals surface area contributed by atoms with Crippen LogP contribution in [0.25, 0.3) is 0 Å². The summed E-state index contributed by atoms with van der Waals surface area (Å²) in [5.41, 5.74) is 0. The van der Waals surface area contributed by atoms with Gasteiger partial charge in [0.2, 0.25) is 0 Å². The zero-order valence-corrected chi connectivity index (χ0v) is 39.7. The highest BCUT2D eigenvalue weighted by molar-refractivity contribution is 5.71. The smallest absolute Gasteiger partial charge is 0.306 e. The fourth-order valence-corrected chi connectivity index (χ4v) is 7.81. The molecule has 0 radical (unpaired) electrons. The monoisotopic (exact) mass is 821 g/mol. The molecule has 0 saturated carbocycles. The molecule has 0 unspecified atom stereocenters. The van der Waals surface area contributed by atoms with Crippen LogP contribution in [0.1, 0.15) is 285 Å². The lowest BCUT2D eigenvalue weighted by Gasteiger charge is -2.18. The van der Waals surface area contributed by atoms with Crippen LogP contribution < -0.4 is 0 Å². The minimum atomic E-state index is -0.761. The van der Waals surface area contributed by atoms with E-state index in [1.807, 2.05) is 0 Å². The average Bonchev–Trinajstić information content (AvgIpc) is 3.19. The lowest BCUT2D eigenvalue weighted by atomic mass is 10.0. The Kier molecular flexibility index (Phi) is 43.7. The van der Waals surface area contributed by atoms with Crippen molar-refractivity contribution in [1.29, 1.82) is 0 Å². The predicted octanol–water partition coefficient (Wildman–Crippen LogP) is 16.5. The first-order valence-corrected chi connectivity index (χ1v) is 25.7. The van der Waals surface area contributed by atoms with E-state index in [1.54, 1.807) is 0 Å². The van der Waals surface area contributed by atoms with Crippen LogP contribution in [-0.4, -0.2) is 37.2 Å². The van der Waals surface area contributed by atoms with Gasteiger partial charge in [-0.25, -0.2) is 0 Å². The molecule has 0 fully saturated rings. The van der Waals surface area contributed by atoms with Crippen LogP contribution in [0.15, 0.2) is 0 Å². The third-order valence-corrected chi connectivity index (χ3v) is 11.7. The van der Waals surface area contributed by atoms with Gasteiger partial charge in [-0.1, -0.05) is 247 Å². The lowest BCUT2D eigenvalue weighted by molar-refractivity contribution is -0.167. The molecule has 0 aromatic rings. The fourth-order valence-electron chi connectivity index (χ4n) is 7.81. The van der Waals surface area contributed by atoms with Crippen LogP contribution in [0.5, 0.6) is 0 Å². The average molecular weight is 821 g/mol. The molecular weight excluding hydrogens is 721 g/mol. The van der Waals surface area contributed by atoms with Crippen molar-refractivity contribution in [1.82, 2.24) is 0 Å². The van der Waals surface area contributed by atoms with Gasteiger partial charge in [0.1, 0.15) is 13.2 Å². The van der Waals surface area contributed by atoms with Crippen LogP contribution in [-0.2, 0) is 28.6 Å². The van der Waals surface area contributed by atoms with Crippen molar-refractivity contribution >= 4 is 17.9 Å². The van der Waals surface area contributed by atoms with Gasteiger partial charge in [0.15, 0.2) is 6.10 Å². The summed E-state index contributed by atoms with van der Waals surface area (Å²) in [6.07, 6.45) is 45.2. The minimum absolute atomic E-state index is 0.0641. The third-order valence-electron chi connectivity index (χ3n) is 11.7. The standard InChI is InChI=1S/C52H100O6/c1-6-7-8-9-10-11-12-13-14-15-18-22-29-34-39-44-52(55)58-49(46-57-51(54)43-38-33-28-24-23-26-31-36-41-48(4)5)45-56-50(53)42-37-32-27-21-19-16-17-20-25-30-35-40-47(2)3/h47-49H,6-46H2,1-5H3/t49-/m1/s1. The number of carbonyl (C=O) groups excluding carboxylic acids is 3. The number of carbonyl (C=O) groups is 3. The first-order valence-electron chi connectivity index (χ1n) is 25.7. The lowest BCUT2D eigenvalue weighted by Crippen LogP contribution is -2.30. The Hall–Kier alpha value is -1.59. The van der Waals surface area contributed by atoms with Crippen molar-refractivity contribution < 1.29 is 28.6 Å². The fraction of sp³-hybridized carbons (Fsp3) is 0.942. The molecule has 1 atom stereocenters. The van der Waals surface area contributed by atoms with E-state index < -0.39 is 6.10 Å². The summed E-state index contributed by atoms with van der Waals surface area (Å²) in [6.45, 7) is 11.3. The summed E-state index contributed by atoms with van der Waals surface area (Å²) in [6, 6.07) is 0. The molecular formula is C52H100O6. The number of esters is 3. The summed E-state index contributed by atoms with van der Waals surface area (Å²) in [5.74, 6) is 0.773. The molecule has 6 heteroatoms. The molecule has 0 spiro atoms. The molecule has 0 rings (SSSR count). The number of unbranched alkanes of at least 4 members (excludes halogenated alkanes) is 31. The van der Waals surface area contributed by atoms with Crippen molar-refractivity contribution in [2.75, 3.05) is 13.2 Å². The molecule has 0 N–H and O–H groups in total. The van der Waals surface area contributed by atoms with Crippen molar-refractivity contribution in [3.8, 4) is 0 Å². The van der Waals surface area contributed by atoms with Gasteiger partial charge in [-0.05, 0) is 31.1 Å². The second-order valence-corrected chi connectivity index (χ2v) is 18.8. The van der Waals surface area contributed by atoms with Crippen LogP contribution in [0.4, 0.5) is 0 Å². The molecule has 0 aromatic heterocycles. The SMILES string of the molecule is CCCCCCCCCCCCCCCCCC(=O)O[C@H](COC(=O)CCCCCCCCCCCCCC(C)C)COC(=O)CCCCCCCCCCC(C)C. The highest BCUT2D eigenvalue weighted by Crippen LogP contribution is 2.17. The van der Waals surface area contributed by atoms with Crippen LogP contribution >= 0.6 is 0 Å². The Bertz CT molecular complexity index is 885. The van der Waals surface area contributed by atoms with Gasteiger partial charge in [-0.15, -0.1) is 0 Å². The number of ether oxygens (including phenoxy) is 3. The summed E-state index contributed by atoms with van der Waals surface area (Å²) < 4.78 is 16.8. The molecule has 58 heavy (non-hydrogen) atoms. The molecule has 344 valence electrons. The summed E-state index contributed by atoms with van der Waals surface area (Å²) >= 11 is 0. The molecule has 0 amide bonds. The van der Waals surface area contributed by atoms with E-state index in [-0.39, 0.29) is 31.1 Å².